The molecule has 1 rings (SSSR count). The van der Waals surface area contributed by atoms with Crippen LogP contribution in [0.2, 0.25) is 0 Å². The molecule has 0 radical (unpaired) electrons. The van der Waals surface area contributed by atoms with Crippen LogP contribution in [0.3, 0.4) is 0 Å². The van der Waals surface area contributed by atoms with E-state index < -0.39 is 12.0 Å². The van der Waals surface area contributed by atoms with Crippen molar-refractivity contribution in [3.63, 3.8) is 0 Å². The van der Waals surface area contributed by atoms with Gasteiger partial charge in [-0.15, -0.1) is 0 Å². The Morgan fingerprint density at radius 3 is 2.79 bits per heavy atom. The Morgan fingerprint density at radius 2 is 2.29 bits per heavy atom. The van der Waals surface area contributed by atoms with Gasteiger partial charge in [0.2, 0.25) is 0 Å². The molecule has 1 saturated heterocycles. The van der Waals surface area contributed by atoms with Gasteiger partial charge in [0.15, 0.2) is 0 Å². The number of hydrogen-bond acceptors (Lipinski definition) is 4. The van der Waals surface area contributed by atoms with Crippen molar-refractivity contribution in [1.82, 2.24) is 5.32 Å². The van der Waals surface area contributed by atoms with E-state index in [1.807, 2.05) is 0 Å². The Morgan fingerprint density at radius 1 is 1.64 bits per heavy atom. The van der Waals surface area contributed by atoms with Gasteiger partial charge in [-0.25, -0.2) is 0 Å². The van der Waals surface area contributed by atoms with Gasteiger partial charge in [0.25, 0.3) is 0 Å². The summed E-state index contributed by atoms with van der Waals surface area (Å²) in [6.45, 7) is 1.61. The molecule has 0 aromatic heterocycles. The topological polar surface area (TPSA) is 67.8 Å². The maximum Gasteiger partial charge on any atom is 0.323 e. The molecule has 1 heterocycles. The Hall–Kier alpha value is -0.650. The van der Waals surface area contributed by atoms with Crippen LogP contribution in [-0.2, 0) is 14.3 Å². The molecule has 1 fully saturated rings. The Kier molecular flexibility index (Phi) is 4.86. The lowest BCUT2D eigenvalue weighted by Gasteiger charge is -2.26. The molecule has 0 aliphatic carbocycles. The zero-order valence-electron chi connectivity index (χ0n) is 8.36. The minimum Gasteiger partial charge on any atom is -0.480 e. The monoisotopic (exact) mass is 203 g/mol. The second kappa shape index (κ2) is 5.95. The SMILES string of the molecule is COCC(NC1CCOCC1)C(=O)O. The zero-order chi connectivity index (χ0) is 10.4. The highest BCUT2D eigenvalue weighted by Gasteiger charge is 2.22. The lowest BCUT2D eigenvalue weighted by Crippen LogP contribution is -2.47. The van der Waals surface area contributed by atoms with Crippen molar-refractivity contribution in [1.29, 1.82) is 0 Å². The van der Waals surface area contributed by atoms with Crippen molar-refractivity contribution in [3.05, 3.63) is 0 Å². The number of ether oxygens (including phenoxy) is 2. The second-order valence-corrected chi connectivity index (χ2v) is 3.40. The average Bonchev–Trinajstić information content (AvgIpc) is 2.18. The van der Waals surface area contributed by atoms with E-state index in [0.717, 1.165) is 12.8 Å². The lowest BCUT2D eigenvalue weighted by molar-refractivity contribution is -0.141. The molecule has 1 aliphatic rings. The number of rotatable bonds is 5. The fourth-order valence-electron chi connectivity index (χ4n) is 1.51. The average molecular weight is 203 g/mol. The number of carboxylic acid groups (broad SMARTS) is 1. The van der Waals surface area contributed by atoms with Gasteiger partial charge in [-0.2, -0.15) is 0 Å². The Bertz CT molecular complexity index is 180. The highest BCUT2D eigenvalue weighted by molar-refractivity contribution is 5.73. The Labute approximate surface area is 83.4 Å². The molecule has 82 valence electrons. The molecule has 2 N–H and O–H groups in total. The summed E-state index contributed by atoms with van der Waals surface area (Å²) in [6.07, 6.45) is 1.74. The molecular formula is C9H17NO4. The van der Waals surface area contributed by atoms with E-state index in [4.69, 9.17) is 14.6 Å². The van der Waals surface area contributed by atoms with Gasteiger partial charge in [-0.3, -0.25) is 10.1 Å². The molecule has 0 bridgehead atoms. The molecule has 1 atom stereocenters. The van der Waals surface area contributed by atoms with Gasteiger partial charge < -0.3 is 14.6 Å². The first kappa shape index (κ1) is 11.4. The number of methoxy groups -OCH3 is 1. The molecule has 0 saturated carbocycles. The summed E-state index contributed by atoms with van der Waals surface area (Å²) in [5.41, 5.74) is 0. The van der Waals surface area contributed by atoms with Crippen LogP contribution in [0.25, 0.3) is 0 Å². The summed E-state index contributed by atoms with van der Waals surface area (Å²) < 4.78 is 10.0. The van der Waals surface area contributed by atoms with Crippen LogP contribution < -0.4 is 5.32 Å². The third kappa shape index (κ3) is 3.61. The quantitative estimate of drug-likeness (QED) is 0.650. The van der Waals surface area contributed by atoms with E-state index in [9.17, 15) is 4.79 Å². The molecule has 1 unspecified atom stereocenters. The van der Waals surface area contributed by atoms with Crippen molar-refractivity contribution in [2.24, 2.45) is 0 Å². The third-order valence-electron chi connectivity index (χ3n) is 2.29. The highest BCUT2D eigenvalue weighted by Crippen LogP contribution is 2.07. The van der Waals surface area contributed by atoms with E-state index in [2.05, 4.69) is 5.32 Å². The van der Waals surface area contributed by atoms with E-state index in [1.165, 1.54) is 7.11 Å². The largest absolute Gasteiger partial charge is 0.480 e. The van der Waals surface area contributed by atoms with Gasteiger partial charge >= 0.3 is 5.97 Å². The van der Waals surface area contributed by atoms with Gasteiger partial charge in [-0.1, -0.05) is 0 Å². The van der Waals surface area contributed by atoms with Gasteiger partial charge in [0, 0.05) is 26.4 Å². The van der Waals surface area contributed by atoms with Crippen molar-refractivity contribution in [2.45, 2.75) is 24.9 Å². The molecular weight excluding hydrogens is 186 g/mol. The molecule has 5 heteroatoms. The summed E-state index contributed by atoms with van der Waals surface area (Å²) in [6, 6.07) is -0.372. The van der Waals surface area contributed by atoms with E-state index >= 15 is 0 Å². The molecule has 0 spiro atoms. The summed E-state index contributed by atoms with van der Waals surface area (Å²) >= 11 is 0. The van der Waals surface area contributed by atoms with E-state index in [1.54, 1.807) is 0 Å². The van der Waals surface area contributed by atoms with Crippen LogP contribution in [0.5, 0.6) is 0 Å². The van der Waals surface area contributed by atoms with Gasteiger partial charge in [0.1, 0.15) is 6.04 Å². The summed E-state index contributed by atoms with van der Waals surface area (Å²) in [4.78, 5) is 10.8. The van der Waals surface area contributed by atoms with Crippen molar-refractivity contribution < 1.29 is 19.4 Å². The Balaban J connectivity index is 2.33. The number of carbonyl (C=O) groups is 1. The van der Waals surface area contributed by atoms with Crippen molar-refractivity contribution >= 4 is 5.97 Å². The number of hydrogen-bond donors (Lipinski definition) is 2. The normalized spacial score (nSPS) is 20.6. The van der Waals surface area contributed by atoms with Crippen LogP contribution >= 0.6 is 0 Å². The van der Waals surface area contributed by atoms with Crippen molar-refractivity contribution in [2.75, 3.05) is 26.9 Å². The number of carboxylic acids is 1. The third-order valence-corrected chi connectivity index (χ3v) is 2.29. The first-order valence-electron chi connectivity index (χ1n) is 4.79. The minimum atomic E-state index is -0.863. The van der Waals surface area contributed by atoms with Crippen LogP contribution in [0.4, 0.5) is 0 Å². The fourth-order valence-corrected chi connectivity index (χ4v) is 1.51. The number of aliphatic carboxylic acids is 1. The predicted molar refractivity (Wildman–Crippen MR) is 50.3 cm³/mol. The predicted octanol–water partition coefficient (Wildman–Crippen LogP) is -0.145. The maximum absolute atomic E-state index is 10.8. The number of nitrogens with one attached hydrogen (secondary N) is 1. The van der Waals surface area contributed by atoms with Gasteiger partial charge in [-0.05, 0) is 12.8 Å². The van der Waals surface area contributed by atoms with E-state index in [-0.39, 0.29) is 12.6 Å². The molecule has 14 heavy (non-hydrogen) atoms. The standard InChI is InChI=1S/C9H17NO4/c1-13-6-8(9(11)12)10-7-2-4-14-5-3-7/h7-8,10H,2-6H2,1H3,(H,11,12). The molecule has 5 nitrogen and oxygen atoms in total. The van der Waals surface area contributed by atoms with Crippen LogP contribution in [0.15, 0.2) is 0 Å². The molecule has 0 amide bonds. The van der Waals surface area contributed by atoms with Gasteiger partial charge in [0.05, 0.1) is 6.61 Å². The van der Waals surface area contributed by atoms with Crippen LogP contribution in [0, 0.1) is 0 Å². The molecule has 1 aliphatic heterocycles. The zero-order valence-corrected chi connectivity index (χ0v) is 8.36. The first-order valence-corrected chi connectivity index (χ1v) is 4.79. The highest BCUT2D eigenvalue weighted by atomic mass is 16.5. The minimum absolute atomic E-state index is 0.201. The van der Waals surface area contributed by atoms with E-state index in [0.29, 0.717) is 13.2 Å². The second-order valence-electron chi connectivity index (χ2n) is 3.40. The van der Waals surface area contributed by atoms with Crippen LogP contribution in [-0.4, -0.2) is 50.1 Å². The summed E-state index contributed by atoms with van der Waals surface area (Å²) in [7, 11) is 1.50. The van der Waals surface area contributed by atoms with Crippen molar-refractivity contribution in [3.8, 4) is 0 Å². The van der Waals surface area contributed by atoms with Crippen LogP contribution in [0.1, 0.15) is 12.8 Å². The molecule has 0 aromatic rings. The summed E-state index contributed by atoms with van der Waals surface area (Å²) in [5, 5.41) is 11.9. The summed E-state index contributed by atoms with van der Waals surface area (Å²) in [5.74, 6) is -0.863. The lowest BCUT2D eigenvalue weighted by atomic mass is 10.1. The maximum atomic E-state index is 10.8. The molecule has 0 aromatic carbocycles. The smallest absolute Gasteiger partial charge is 0.323 e. The first-order chi connectivity index (χ1) is 6.74. The fraction of sp³-hybridized carbons (Fsp3) is 0.889.